The molecule has 1 heterocycles. The second kappa shape index (κ2) is 8.67. The van der Waals surface area contributed by atoms with Crippen molar-refractivity contribution >= 4 is 27.7 Å². The van der Waals surface area contributed by atoms with Gasteiger partial charge in [-0.25, -0.2) is 4.79 Å². The van der Waals surface area contributed by atoms with E-state index < -0.39 is 0 Å². The van der Waals surface area contributed by atoms with Crippen LogP contribution in [0.4, 0.5) is 10.5 Å². The summed E-state index contributed by atoms with van der Waals surface area (Å²) < 4.78 is 5.83. The van der Waals surface area contributed by atoms with Gasteiger partial charge < -0.3 is 14.9 Å². The van der Waals surface area contributed by atoms with E-state index in [1.807, 2.05) is 42.5 Å². The maximum atomic E-state index is 11.2. The Balaban J connectivity index is 0.000000185. The molecule has 0 aromatic heterocycles. The van der Waals surface area contributed by atoms with Crippen LogP contribution < -0.4 is 4.90 Å². The number of anilines is 1. The lowest BCUT2D eigenvalue weighted by Gasteiger charge is -2.12. The van der Waals surface area contributed by atoms with E-state index >= 15 is 0 Å². The molecule has 3 rings (SSSR count). The van der Waals surface area contributed by atoms with Crippen molar-refractivity contribution in [3.63, 3.8) is 0 Å². The van der Waals surface area contributed by atoms with Crippen LogP contribution >= 0.6 is 15.9 Å². The lowest BCUT2D eigenvalue weighted by atomic mass is 10.2. The zero-order valence-electron chi connectivity index (χ0n) is 12.5. The lowest BCUT2D eigenvalue weighted by Crippen LogP contribution is -2.23. The third-order valence-corrected chi connectivity index (χ3v) is 3.73. The van der Waals surface area contributed by atoms with Crippen molar-refractivity contribution < 1.29 is 19.7 Å². The largest absolute Gasteiger partial charge is 0.447 e. The van der Waals surface area contributed by atoms with Crippen LogP contribution in [-0.2, 0) is 18.0 Å². The molecule has 2 aromatic rings. The fourth-order valence-corrected chi connectivity index (χ4v) is 2.53. The molecule has 1 fully saturated rings. The molecule has 1 saturated heterocycles. The van der Waals surface area contributed by atoms with E-state index in [0.717, 1.165) is 21.3 Å². The molecule has 5 nitrogen and oxygen atoms in total. The van der Waals surface area contributed by atoms with Crippen molar-refractivity contribution in [2.45, 2.75) is 13.2 Å². The van der Waals surface area contributed by atoms with Gasteiger partial charge in [0.15, 0.2) is 0 Å². The van der Waals surface area contributed by atoms with E-state index in [9.17, 15) is 4.79 Å². The van der Waals surface area contributed by atoms with Gasteiger partial charge in [0.2, 0.25) is 0 Å². The molecule has 0 bridgehead atoms. The Hall–Kier alpha value is -1.89. The van der Waals surface area contributed by atoms with Crippen molar-refractivity contribution in [2.75, 3.05) is 18.1 Å². The molecule has 2 N–H and O–H groups in total. The Kier molecular flexibility index (Phi) is 6.58. The molecule has 122 valence electrons. The number of carbonyl (C=O) groups excluding carboxylic acids is 1. The normalized spacial score (nSPS) is 13.3. The van der Waals surface area contributed by atoms with Gasteiger partial charge in [-0.15, -0.1) is 0 Å². The maximum Gasteiger partial charge on any atom is 0.414 e. The van der Waals surface area contributed by atoms with Gasteiger partial charge in [-0.2, -0.15) is 0 Å². The summed E-state index contributed by atoms with van der Waals surface area (Å²) in [5, 5.41) is 17.6. The molecule has 1 amide bonds. The quantitative estimate of drug-likeness (QED) is 0.859. The predicted molar refractivity (Wildman–Crippen MR) is 91.1 cm³/mol. The van der Waals surface area contributed by atoms with Crippen LogP contribution in [0.5, 0.6) is 0 Å². The topological polar surface area (TPSA) is 70.0 Å². The summed E-state index contributed by atoms with van der Waals surface area (Å²) in [5.74, 6) is 0. The first-order valence-corrected chi connectivity index (χ1v) is 7.92. The minimum absolute atomic E-state index is 0.0171. The lowest BCUT2D eigenvalue weighted by molar-refractivity contribution is 0.181. The van der Waals surface area contributed by atoms with Crippen molar-refractivity contribution in [2.24, 2.45) is 0 Å². The minimum atomic E-state index is -0.319. The predicted octanol–water partition coefficient (Wildman–Crippen LogP) is 3.08. The molecule has 0 atom stereocenters. The van der Waals surface area contributed by atoms with Crippen LogP contribution in [0.2, 0.25) is 0 Å². The van der Waals surface area contributed by atoms with Gasteiger partial charge in [0.05, 0.1) is 19.8 Å². The molecule has 0 unspecified atom stereocenters. The van der Waals surface area contributed by atoms with Crippen LogP contribution in [0.1, 0.15) is 11.1 Å². The summed E-state index contributed by atoms with van der Waals surface area (Å²) in [7, 11) is 0. The van der Waals surface area contributed by atoms with Crippen molar-refractivity contribution in [1.82, 2.24) is 0 Å². The molecule has 6 heteroatoms. The summed E-state index contributed by atoms with van der Waals surface area (Å²) in [4.78, 5) is 12.8. The van der Waals surface area contributed by atoms with E-state index in [4.69, 9.17) is 14.9 Å². The van der Waals surface area contributed by atoms with Gasteiger partial charge >= 0.3 is 6.09 Å². The summed E-state index contributed by atoms with van der Waals surface area (Å²) in [6, 6.07) is 14.8. The zero-order chi connectivity index (χ0) is 16.7. The van der Waals surface area contributed by atoms with Crippen LogP contribution in [0.3, 0.4) is 0 Å². The maximum absolute atomic E-state index is 11.2. The Bertz CT molecular complexity index is 663. The van der Waals surface area contributed by atoms with Crippen molar-refractivity contribution in [1.29, 1.82) is 0 Å². The minimum Gasteiger partial charge on any atom is -0.447 e. The fourth-order valence-electron chi connectivity index (χ4n) is 2.09. The second-order valence-corrected chi connectivity index (χ2v) is 5.80. The number of halogens is 1. The molecule has 1 aliphatic heterocycles. The van der Waals surface area contributed by atoms with Crippen molar-refractivity contribution in [3.05, 3.63) is 64.1 Å². The molecule has 1 aliphatic rings. The number of amides is 1. The summed E-state index contributed by atoms with van der Waals surface area (Å²) >= 11 is 3.29. The Morgan fingerprint density at radius 1 is 1.04 bits per heavy atom. The Labute approximate surface area is 143 Å². The van der Waals surface area contributed by atoms with E-state index in [1.54, 1.807) is 11.0 Å². The number of aliphatic hydroxyl groups excluding tert-OH is 2. The summed E-state index contributed by atoms with van der Waals surface area (Å²) in [6.45, 7) is 1.10. The van der Waals surface area contributed by atoms with E-state index in [2.05, 4.69) is 15.9 Å². The van der Waals surface area contributed by atoms with Crippen molar-refractivity contribution in [3.8, 4) is 0 Å². The van der Waals surface area contributed by atoms with Crippen LogP contribution in [0, 0.1) is 0 Å². The number of benzene rings is 2. The number of cyclic esters (lactones) is 1. The molecular formula is C17H18BrNO4. The first kappa shape index (κ1) is 17.5. The number of carbonyl (C=O) groups is 1. The highest BCUT2D eigenvalue weighted by molar-refractivity contribution is 9.10. The molecule has 0 aliphatic carbocycles. The standard InChI is InChI=1S/C10H11NO3.C7H7BrO/c12-7-8-2-1-3-9(6-8)11-4-5-14-10(11)13;8-7-3-1-2-6(4-7)5-9/h1-3,6,12H,4-5,7H2;1-4,9H,5H2. The second-order valence-electron chi connectivity index (χ2n) is 4.88. The molecule has 0 radical (unpaired) electrons. The van der Waals surface area contributed by atoms with Crippen LogP contribution in [-0.4, -0.2) is 29.5 Å². The highest BCUT2D eigenvalue weighted by Crippen LogP contribution is 2.19. The van der Waals surface area contributed by atoms with E-state index in [0.29, 0.717) is 13.2 Å². The number of hydrogen-bond acceptors (Lipinski definition) is 4. The SMILES string of the molecule is O=C1OCCN1c1cccc(CO)c1.OCc1cccc(Br)c1. The molecule has 2 aromatic carbocycles. The Morgan fingerprint density at radius 3 is 2.22 bits per heavy atom. The molecule has 0 saturated carbocycles. The average molecular weight is 380 g/mol. The van der Waals surface area contributed by atoms with Gasteiger partial charge in [-0.05, 0) is 35.4 Å². The Morgan fingerprint density at radius 2 is 1.70 bits per heavy atom. The van der Waals surface area contributed by atoms with Gasteiger partial charge in [-0.1, -0.05) is 40.2 Å². The van der Waals surface area contributed by atoms with Crippen LogP contribution in [0.15, 0.2) is 53.0 Å². The van der Waals surface area contributed by atoms with Gasteiger partial charge in [0, 0.05) is 10.2 Å². The molecule has 23 heavy (non-hydrogen) atoms. The molecular weight excluding hydrogens is 362 g/mol. The number of hydrogen-bond donors (Lipinski definition) is 2. The van der Waals surface area contributed by atoms with Gasteiger partial charge in [-0.3, -0.25) is 4.90 Å². The summed E-state index contributed by atoms with van der Waals surface area (Å²) in [6.07, 6.45) is -0.319. The van der Waals surface area contributed by atoms with Gasteiger partial charge in [0.25, 0.3) is 0 Å². The molecule has 0 spiro atoms. The highest BCUT2D eigenvalue weighted by Gasteiger charge is 2.23. The third kappa shape index (κ3) is 5.06. The highest BCUT2D eigenvalue weighted by atomic mass is 79.9. The third-order valence-electron chi connectivity index (χ3n) is 3.24. The first-order valence-electron chi connectivity index (χ1n) is 7.13. The fraction of sp³-hybridized carbons (Fsp3) is 0.235. The smallest absolute Gasteiger partial charge is 0.414 e. The number of aliphatic hydroxyl groups is 2. The summed E-state index contributed by atoms with van der Waals surface area (Å²) in [5.41, 5.74) is 2.51. The average Bonchev–Trinajstić information content (AvgIpc) is 3.01. The van der Waals surface area contributed by atoms with E-state index in [1.165, 1.54) is 0 Å². The van der Waals surface area contributed by atoms with E-state index in [-0.39, 0.29) is 19.3 Å². The number of rotatable bonds is 3. The number of ether oxygens (including phenoxy) is 1. The monoisotopic (exact) mass is 379 g/mol. The first-order chi connectivity index (χ1) is 11.1. The number of nitrogens with zero attached hydrogens (tertiary/aromatic N) is 1. The van der Waals surface area contributed by atoms with Gasteiger partial charge in [0.1, 0.15) is 6.61 Å². The zero-order valence-corrected chi connectivity index (χ0v) is 14.1. The van der Waals surface area contributed by atoms with Crippen LogP contribution in [0.25, 0.3) is 0 Å².